The number of hydrogen-bond donors (Lipinski definition) is 1. The summed E-state index contributed by atoms with van der Waals surface area (Å²) in [6.45, 7) is 1.84. The molecule has 2 aromatic carbocycles. The van der Waals surface area contributed by atoms with Crippen LogP contribution in [0.15, 0.2) is 72.9 Å². The van der Waals surface area contributed by atoms with Crippen LogP contribution in [0.3, 0.4) is 0 Å². The zero-order valence-corrected chi connectivity index (χ0v) is 17.7. The second-order valence-electron chi connectivity index (χ2n) is 7.51. The number of carbonyl (C=O) groups is 3. The molecule has 0 fully saturated rings. The van der Waals surface area contributed by atoms with Gasteiger partial charge in [-0.15, -0.1) is 0 Å². The molecule has 162 valence electrons. The van der Waals surface area contributed by atoms with Crippen LogP contribution >= 0.6 is 0 Å². The number of ether oxygens (including phenoxy) is 1. The van der Waals surface area contributed by atoms with Crippen molar-refractivity contribution < 1.29 is 19.1 Å². The van der Waals surface area contributed by atoms with Gasteiger partial charge in [-0.05, 0) is 49.7 Å². The Kier molecular flexibility index (Phi) is 6.26. The van der Waals surface area contributed by atoms with Crippen molar-refractivity contribution in [2.75, 3.05) is 16.8 Å². The average molecular weight is 429 g/mol. The Labute approximate surface area is 186 Å². The Balaban J connectivity index is 1.40. The molecule has 7 heteroatoms. The molecule has 0 aliphatic carbocycles. The molecule has 0 saturated carbocycles. The highest BCUT2D eigenvalue weighted by Crippen LogP contribution is 2.37. The third-order valence-electron chi connectivity index (χ3n) is 5.20. The minimum absolute atomic E-state index is 0.0271. The normalized spacial score (nSPS) is 15.0. The van der Waals surface area contributed by atoms with Crippen molar-refractivity contribution in [1.82, 2.24) is 4.98 Å². The summed E-state index contributed by atoms with van der Waals surface area (Å²) in [5, 5.41) is 2.82. The van der Waals surface area contributed by atoms with Gasteiger partial charge in [-0.2, -0.15) is 0 Å². The van der Waals surface area contributed by atoms with Gasteiger partial charge in [0.05, 0.1) is 0 Å². The van der Waals surface area contributed by atoms with Gasteiger partial charge >= 0.3 is 0 Å². The predicted octanol–water partition coefficient (Wildman–Crippen LogP) is 4.17. The van der Waals surface area contributed by atoms with Crippen LogP contribution in [0.4, 0.5) is 11.5 Å². The van der Waals surface area contributed by atoms with Crippen LogP contribution < -0.4 is 15.0 Å². The number of Topliss-reactive ketones (excluding diaryl/α,β-unsaturated/α-hetero) is 1. The molecule has 1 atom stereocenters. The maximum absolute atomic E-state index is 13.2. The van der Waals surface area contributed by atoms with E-state index in [0.717, 1.165) is 5.56 Å². The molecular weight excluding hydrogens is 406 g/mol. The molecule has 0 saturated heterocycles. The van der Waals surface area contributed by atoms with Crippen LogP contribution in [0.2, 0.25) is 0 Å². The number of rotatable bonds is 7. The third kappa shape index (κ3) is 4.67. The molecule has 32 heavy (non-hydrogen) atoms. The van der Waals surface area contributed by atoms with Crippen LogP contribution in [0.5, 0.6) is 5.75 Å². The van der Waals surface area contributed by atoms with Crippen molar-refractivity contribution in [3.8, 4) is 5.75 Å². The Hall–Kier alpha value is -4.00. The molecule has 0 bridgehead atoms. The molecule has 0 radical (unpaired) electrons. The molecule has 1 N–H and O–H groups in total. The van der Waals surface area contributed by atoms with Crippen LogP contribution in [0.25, 0.3) is 0 Å². The molecule has 2 amide bonds. The SMILES string of the molecule is CC(=O)c1ccc(NC(=O)CCCN2C(=O)[C@@H](c3ccccc3)Oc3cccnc32)cc1. The summed E-state index contributed by atoms with van der Waals surface area (Å²) in [6.07, 6.45) is 1.56. The van der Waals surface area contributed by atoms with Crippen LogP contribution in [0.1, 0.15) is 41.8 Å². The third-order valence-corrected chi connectivity index (χ3v) is 5.20. The van der Waals surface area contributed by atoms with E-state index in [-0.39, 0.29) is 24.0 Å². The quantitative estimate of drug-likeness (QED) is 0.570. The predicted molar refractivity (Wildman–Crippen MR) is 121 cm³/mol. The highest BCUT2D eigenvalue weighted by atomic mass is 16.5. The second-order valence-corrected chi connectivity index (χ2v) is 7.51. The lowest BCUT2D eigenvalue weighted by Crippen LogP contribution is -2.42. The number of carbonyl (C=O) groups excluding carboxylic acids is 3. The van der Waals surface area contributed by atoms with Gasteiger partial charge in [0.2, 0.25) is 12.0 Å². The zero-order valence-electron chi connectivity index (χ0n) is 17.7. The van der Waals surface area contributed by atoms with Gasteiger partial charge in [-0.25, -0.2) is 4.98 Å². The number of ketones is 1. The number of anilines is 2. The van der Waals surface area contributed by atoms with E-state index in [1.165, 1.54) is 6.92 Å². The lowest BCUT2D eigenvalue weighted by molar-refractivity contribution is -0.127. The molecule has 0 spiro atoms. The van der Waals surface area contributed by atoms with Gasteiger partial charge in [0, 0.05) is 36.0 Å². The molecule has 1 aromatic heterocycles. The highest BCUT2D eigenvalue weighted by molar-refractivity contribution is 5.99. The highest BCUT2D eigenvalue weighted by Gasteiger charge is 2.36. The number of fused-ring (bicyclic) bond motifs is 1. The molecule has 7 nitrogen and oxygen atoms in total. The topological polar surface area (TPSA) is 88.6 Å². The summed E-state index contributed by atoms with van der Waals surface area (Å²) in [7, 11) is 0. The molecule has 2 heterocycles. The lowest BCUT2D eigenvalue weighted by Gasteiger charge is -2.33. The van der Waals surface area contributed by atoms with E-state index in [9.17, 15) is 14.4 Å². The van der Waals surface area contributed by atoms with Crippen molar-refractivity contribution in [1.29, 1.82) is 0 Å². The first-order valence-corrected chi connectivity index (χ1v) is 10.4. The van der Waals surface area contributed by atoms with E-state index in [0.29, 0.717) is 35.8 Å². The number of nitrogens with one attached hydrogen (secondary N) is 1. The van der Waals surface area contributed by atoms with E-state index >= 15 is 0 Å². The molecule has 1 aliphatic heterocycles. The lowest BCUT2D eigenvalue weighted by atomic mass is 10.1. The summed E-state index contributed by atoms with van der Waals surface area (Å²) >= 11 is 0. The first-order valence-electron chi connectivity index (χ1n) is 10.4. The average Bonchev–Trinajstić information content (AvgIpc) is 2.81. The smallest absolute Gasteiger partial charge is 0.274 e. The van der Waals surface area contributed by atoms with E-state index in [2.05, 4.69) is 10.3 Å². The van der Waals surface area contributed by atoms with Crippen LogP contribution in [-0.4, -0.2) is 29.1 Å². The summed E-state index contributed by atoms with van der Waals surface area (Å²) < 4.78 is 5.94. The van der Waals surface area contributed by atoms with Gasteiger partial charge < -0.3 is 10.1 Å². The van der Waals surface area contributed by atoms with E-state index in [1.807, 2.05) is 30.3 Å². The first kappa shape index (κ1) is 21.2. The van der Waals surface area contributed by atoms with Gasteiger partial charge in [-0.1, -0.05) is 30.3 Å². The molecule has 3 aromatic rings. The van der Waals surface area contributed by atoms with Crippen molar-refractivity contribution in [3.63, 3.8) is 0 Å². The summed E-state index contributed by atoms with van der Waals surface area (Å²) in [6, 6.07) is 19.6. The summed E-state index contributed by atoms with van der Waals surface area (Å²) in [4.78, 5) is 42.8. The second kappa shape index (κ2) is 9.43. The molecule has 4 rings (SSSR count). The van der Waals surface area contributed by atoms with Crippen molar-refractivity contribution >= 4 is 29.1 Å². The standard InChI is InChI=1S/C25H23N3O4/c1-17(29)18-11-13-20(14-12-18)27-22(30)10-6-16-28-24-21(9-5-15-26-24)32-23(25(28)31)19-7-3-2-4-8-19/h2-5,7-9,11-15,23H,6,10,16H2,1H3,(H,27,30)/t23-/m1/s1. The Morgan fingerprint density at radius 2 is 1.78 bits per heavy atom. The summed E-state index contributed by atoms with van der Waals surface area (Å²) in [5.74, 6) is 0.603. The minimum atomic E-state index is -0.749. The van der Waals surface area contributed by atoms with Gasteiger partial charge in [0.25, 0.3) is 5.91 Å². The van der Waals surface area contributed by atoms with Gasteiger partial charge in [-0.3, -0.25) is 19.3 Å². The van der Waals surface area contributed by atoms with Crippen molar-refractivity contribution in [2.24, 2.45) is 0 Å². The van der Waals surface area contributed by atoms with Gasteiger partial charge in [0.1, 0.15) is 0 Å². The van der Waals surface area contributed by atoms with E-state index in [1.54, 1.807) is 47.5 Å². The minimum Gasteiger partial charge on any atom is -0.472 e. The fraction of sp³-hybridized carbons (Fsp3) is 0.200. The van der Waals surface area contributed by atoms with Crippen molar-refractivity contribution in [3.05, 3.63) is 84.1 Å². The molecular formula is C25H23N3O4. The summed E-state index contributed by atoms with van der Waals surface area (Å²) in [5.41, 5.74) is 1.98. The number of hydrogen-bond acceptors (Lipinski definition) is 5. The fourth-order valence-electron chi connectivity index (χ4n) is 3.56. The largest absolute Gasteiger partial charge is 0.472 e. The van der Waals surface area contributed by atoms with E-state index < -0.39 is 6.10 Å². The molecule has 0 unspecified atom stereocenters. The number of pyridine rings is 1. The Morgan fingerprint density at radius 3 is 2.50 bits per heavy atom. The monoisotopic (exact) mass is 429 g/mol. The maximum atomic E-state index is 13.2. The number of amides is 2. The van der Waals surface area contributed by atoms with Crippen molar-refractivity contribution in [2.45, 2.75) is 25.9 Å². The van der Waals surface area contributed by atoms with Crippen LogP contribution in [0, 0.1) is 0 Å². The maximum Gasteiger partial charge on any atom is 0.274 e. The fourth-order valence-corrected chi connectivity index (χ4v) is 3.56. The van der Waals surface area contributed by atoms with Crippen LogP contribution in [-0.2, 0) is 9.59 Å². The first-order chi connectivity index (χ1) is 15.5. The Morgan fingerprint density at radius 1 is 1.03 bits per heavy atom. The Bertz CT molecular complexity index is 1130. The molecule has 1 aliphatic rings. The van der Waals surface area contributed by atoms with E-state index in [4.69, 9.17) is 4.74 Å². The van der Waals surface area contributed by atoms with Gasteiger partial charge in [0.15, 0.2) is 17.4 Å². The zero-order chi connectivity index (χ0) is 22.5. The number of aromatic nitrogens is 1. The number of nitrogens with zero attached hydrogens (tertiary/aromatic N) is 2. The number of benzene rings is 2.